The molecule has 2 nitrogen and oxygen atoms in total. The van der Waals surface area contributed by atoms with Gasteiger partial charge in [-0.1, -0.05) is 33.1 Å². The highest BCUT2D eigenvalue weighted by atomic mass is 16.4. The molecule has 60 valence electrons. The van der Waals surface area contributed by atoms with Crippen LogP contribution in [0.25, 0.3) is 0 Å². The molecule has 0 aromatic carbocycles. The molecule has 1 atom stereocenters. The Kier molecular flexibility index (Phi) is 4.99. The van der Waals surface area contributed by atoms with Crippen LogP contribution < -0.4 is 0 Å². The molecule has 0 unspecified atom stereocenters. The molecule has 0 spiro atoms. The van der Waals surface area contributed by atoms with Gasteiger partial charge in [0.2, 0.25) is 0 Å². The van der Waals surface area contributed by atoms with Gasteiger partial charge in [0.25, 0.3) is 0 Å². The number of carbonyl (C=O) groups is 1. The van der Waals surface area contributed by atoms with E-state index in [2.05, 4.69) is 6.92 Å². The molecule has 0 aliphatic heterocycles. The largest absolute Gasteiger partial charge is 0.481 e. The van der Waals surface area contributed by atoms with Gasteiger partial charge in [0, 0.05) is 0 Å². The van der Waals surface area contributed by atoms with E-state index in [1.807, 2.05) is 0 Å². The average molecular weight is 144 g/mol. The van der Waals surface area contributed by atoms with Gasteiger partial charge in [-0.15, -0.1) is 0 Å². The molecule has 0 bridgehead atoms. The van der Waals surface area contributed by atoms with E-state index >= 15 is 0 Å². The van der Waals surface area contributed by atoms with Gasteiger partial charge in [-0.05, 0) is 6.42 Å². The Bertz CT molecular complexity index is 99.4. The first-order valence-electron chi connectivity index (χ1n) is 3.91. The smallest absolute Gasteiger partial charge is 0.306 e. The molecule has 0 aliphatic carbocycles. The molecule has 0 saturated heterocycles. The van der Waals surface area contributed by atoms with Crippen LogP contribution in [-0.2, 0) is 4.79 Å². The van der Waals surface area contributed by atoms with Crippen LogP contribution in [-0.4, -0.2) is 11.1 Å². The first kappa shape index (κ1) is 9.47. The van der Waals surface area contributed by atoms with E-state index in [-0.39, 0.29) is 5.92 Å². The second-order valence-electron chi connectivity index (χ2n) is 2.74. The fourth-order valence-corrected chi connectivity index (χ4v) is 0.824. The first-order valence-corrected chi connectivity index (χ1v) is 3.91. The summed E-state index contributed by atoms with van der Waals surface area (Å²) < 4.78 is 0. The lowest BCUT2D eigenvalue weighted by Gasteiger charge is -2.03. The molecule has 0 saturated carbocycles. The number of aliphatic carboxylic acids is 1. The van der Waals surface area contributed by atoms with Crippen molar-refractivity contribution in [1.29, 1.82) is 0 Å². The van der Waals surface area contributed by atoms with Crippen LogP contribution in [0.5, 0.6) is 0 Å². The summed E-state index contributed by atoms with van der Waals surface area (Å²) in [6, 6.07) is 0. The van der Waals surface area contributed by atoms with Gasteiger partial charge in [-0.2, -0.15) is 0 Å². The second-order valence-corrected chi connectivity index (χ2v) is 2.74. The zero-order chi connectivity index (χ0) is 7.98. The first-order chi connectivity index (χ1) is 4.68. The van der Waals surface area contributed by atoms with Crippen molar-refractivity contribution in [3.63, 3.8) is 0 Å². The van der Waals surface area contributed by atoms with E-state index in [0.29, 0.717) is 0 Å². The van der Waals surface area contributed by atoms with Crippen molar-refractivity contribution in [3.8, 4) is 0 Å². The molecule has 0 radical (unpaired) electrons. The molecule has 0 rings (SSSR count). The number of carboxylic acid groups (broad SMARTS) is 1. The summed E-state index contributed by atoms with van der Waals surface area (Å²) in [5.41, 5.74) is 0. The number of unbranched alkanes of at least 4 members (excludes halogenated alkanes) is 2. The van der Waals surface area contributed by atoms with E-state index in [0.717, 1.165) is 25.7 Å². The SMILES string of the molecule is CCCCC[C@@H](C)C(=O)O. The minimum atomic E-state index is -0.670. The van der Waals surface area contributed by atoms with Gasteiger partial charge in [0.15, 0.2) is 0 Å². The highest BCUT2D eigenvalue weighted by Gasteiger charge is 2.08. The summed E-state index contributed by atoms with van der Waals surface area (Å²) in [6.45, 7) is 3.88. The summed E-state index contributed by atoms with van der Waals surface area (Å²) in [5.74, 6) is -0.831. The topological polar surface area (TPSA) is 37.3 Å². The van der Waals surface area contributed by atoms with Crippen molar-refractivity contribution in [2.24, 2.45) is 5.92 Å². The van der Waals surface area contributed by atoms with Crippen molar-refractivity contribution < 1.29 is 9.90 Å². The minimum absolute atomic E-state index is 0.161. The standard InChI is InChI=1S/C8H16O2/c1-3-4-5-6-7(2)8(9)10/h7H,3-6H2,1-2H3,(H,9,10)/t7-/m1/s1. The van der Waals surface area contributed by atoms with Gasteiger partial charge in [0.05, 0.1) is 5.92 Å². The highest BCUT2D eigenvalue weighted by molar-refractivity contribution is 5.69. The molecule has 1 N–H and O–H groups in total. The van der Waals surface area contributed by atoms with Crippen LogP contribution in [0.3, 0.4) is 0 Å². The van der Waals surface area contributed by atoms with E-state index in [1.54, 1.807) is 6.92 Å². The van der Waals surface area contributed by atoms with Gasteiger partial charge in [-0.3, -0.25) is 4.79 Å². The van der Waals surface area contributed by atoms with Crippen molar-refractivity contribution in [2.75, 3.05) is 0 Å². The van der Waals surface area contributed by atoms with Gasteiger partial charge < -0.3 is 5.11 Å². The fourth-order valence-electron chi connectivity index (χ4n) is 0.824. The number of carboxylic acids is 1. The molecule has 0 aromatic rings. The van der Waals surface area contributed by atoms with E-state index < -0.39 is 5.97 Å². The monoisotopic (exact) mass is 144 g/mol. The zero-order valence-corrected chi connectivity index (χ0v) is 6.76. The Morgan fingerprint density at radius 3 is 2.50 bits per heavy atom. The lowest BCUT2D eigenvalue weighted by Crippen LogP contribution is -2.08. The number of rotatable bonds is 5. The molecule has 0 amide bonds. The Labute approximate surface area is 62.2 Å². The number of hydrogen-bond donors (Lipinski definition) is 1. The van der Waals surface area contributed by atoms with Crippen molar-refractivity contribution >= 4 is 5.97 Å². The zero-order valence-electron chi connectivity index (χ0n) is 6.76. The van der Waals surface area contributed by atoms with Crippen LogP contribution in [0.1, 0.15) is 39.5 Å². The lowest BCUT2D eigenvalue weighted by atomic mass is 10.0. The van der Waals surface area contributed by atoms with Gasteiger partial charge in [0.1, 0.15) is 0 Å². The van der Waals surface area contributed by atoms with Crippen molar-refractivity contribution in [2.45, 2.75) is 39.5 Å². The lowest BCUT2D eigenvalue weighted by molar-refractivity contribution is -0.141. The van der Waals surface area contributed by atoms with Crippen LogP contribution in [0.4, 0.5) is 0 Å². The molecule has 0 heterocycles. The Morgan fingerprint density at radius 1 is 1.50 bits per heavy atom. The Morgan fingerprint density at radius 2 is 2.10 bits per heavy atom. The summed E-state index contributed by atoms with van der Waals surface area (Å²) in [4.78, 5) is 10.3. The molecular formula is C8H16O2. The van der Waals surface area contributed by atoms with E-state index in [4.69, 9.17) is 5.11 Å². The molecule has 0 aliphatic rings. The van der Waals surface area contributed by atoms with Crippen molar-refractivity contribution in [3.05, 3.63) is 0 Å². The third-order valence-electron chi connectivity index (χ3n) is 1.66. The summed E-state index contributed by atoms with van der Waals surface area (Å²) >= 11 is 0. The maximum Gasteiger partial charge on any atom is 0.306 e. The molecule has 0 fully saturated rings. The molecule has 10 heavy (non-hydrogen) atoms. The third-order valence-corrected chi connectivity index (χ3v) is 1.66. The summed E-state index contributed by atoms with van der Waals surface area (Å²) in [6.07, 6.45) is 4.18. The van der Waals surface area contributed by atoms with E-state index in [1.165, 1.54) is 0 Å². The Balaban J connectivity index is 3.21. The number of hydrogen-bond acceptors (Lipinski definition) is 1. The molecular weight excluding hydrogens is 128 g/mol. The summed E-state index contributed by atoms with van der Waals surface area (Å²) in [5, 5.41) is 8.48. The van der Waals surface area contributed by atoms with Crippen LogP contribution in [0, 0.1) is 5.92 Å². The van der Waals surface area contributed by atoms with Crippen LogP contribution >= 0.6 is 0 Å². The predicted octanol–water partition coefficient (Wildman–Crippen LogP) is 2.29. The van der Waals surface area contributed by atoms with E-state index in [9.17, 15) is 4.79 Å². The third kappa shape index (κ3) is 4.36. The Hall–Kier alpha value is -0.530. The fraction of sp³-hybridized carbons (Fsp3) is 0.875. The normalized spacial score (nSPS) is 13.0. The van der Waals surface area contributed by atoms with Crippen LogP contribution in [0.2, 0.25) is 0 Å². The maximum absolute atomic E-state index is 10.3. The average Bonchev–Trinajstić information content (AvgIpc) is 1.88. The minimum Gasteiger partial charge on any atom is -0.481 e. The predicted molar refractivity (Wildman–Crippen MR) is 40.9 cm³/mol. The maximum atomic E-state index is 10.3. The second kappa shape index (κ2) is 5.27. The molecule has 2 heteroatoms. The van der Waals surface area contributed by atoms with Gasteiger partial charge in [-0.25, -0.2) is 0 Å². The molecule has 0 aromatic heterocycles. The highest BCUT2D eigenvalue weighted by Crippen LogP contribution is 2.08. The van der Waals surface area contributed by atoms with Crippen molar-refractivity contribution in [1.82, 2.24) is 0 Å². The quantitative estimate of drug-likeness (QED) is 0.601. The van der Waals surface area contributed by atoms with Gasteiger partial charge >= 0.3 is 5.97 Å². The van der Waals surface area contributed by atoms with Crippen LogP contribution in [0.15, 0.2) is 0 Å². The summed E-state index contributed by atoms with van der Waals surface area (Å²) in [7, 11) is 0.